The molecule has 3 nitrogen and oxygen atoms in total. The van der Waals surface area contributed by atoms with Gasteiger partial charge in [-0.1, -0.05) is 11.3 Å². The van der Waals surface area contributed by atoms with Crippen LogP contribution in [0.5, 0.6) is 0 Å². The molecular formula is C8H10F3N3S. The molecule has 0 spiro atoms. The van der Waals surface area contributed by atoms with Crippen molar-refractivity contribution in [1.82, 2.24) is 15.5 Å². The standard InChI is InChI=1S/C8H10F3N3S/c9-8(10,11)3-6-13-14-7(15-6)4-12-5-1-2-5/h5,12H,1-4H2. The molecule has 0 aromatic carbocycles. The van der Waals surface area contributed by atoms with Crippen LogP contribution in [-0.4, -0.2) is 22.4 Å². The molecule has 1 aliphatic carbocycles. The monoisotopic (exact) mass is 237 g/mol. The molecule has 1 fully saturated rings. The highest BCUT2D eigenvalue weighted by molar-refractivity contribution is 7.11. The third-order valence-electron chi connectivity index (χ3n) is 1.98. The van der Waals surface area contributed by atoms with E-state index >= 15 is 0 Å². The third kappa shape index (κ3) is 3.75. The summed E-state index contributed by atoms with van der Waals surface area (Å²) in [6.45, 7) is 0.528. The molecule has 0 unspecified atom stereocenters. The molecule has 2 rings (SSSR count). The second-order valence-electron chi connectivity index (χ2n) is 3.54. The lowest BCUT2D eigenvalue weighted by Crippen LogP contribution is -2.14. The molecule has 1 heterocycles. The van der Waals surface area contributed by atoms with Gasteiger partial charge in [-0.3, -0.25) is 0 Å². The van der Waals surface area contributed by atoms with Crippen molar-refractivity contribution in [3.63, 3.8) is 0 Å². The molecule has 1 N–H and O–H groups in total. The molecule has 1 saturated carbocycles. The average molecular weight is 237 g/mol. The van der Waals surface area contributed by atoms with Crippen LogP contribution in [0, 0.1) is 0 Å². The van der Waals surface area contributed by atoms with Crippen molar-refractivity contribution >= 4 is 11.3 Å². The summed E-state index contributed by atoms with van der Waals surface area (Å²) in [5.41, 5.74) is 0. The number of rotatable bonds is 4. The van der Waals surface area contributed by atoms with E-state index in [0.717, 1.165) is 24.2 Å². The number of hydrogen-bond acceptors (Lipinski definition) is 4. The zero-order valence-electron chi connectivity index (χ0n) is 7.84. The van der Waals surface area contributed by atoms with Gasteiger partial charge in [0.2, 0.25) is 0 Å². The molecule has 0 radical (unpaired) electrons. The molecule has 0 saturated heterocycles. The van der Waals surface area contributed by atoms with Crippen molar-refractivity contribution in [1.29, 1.82) is 0 Å². The molecule has 1 aromatic heterocycles. The van der Waals surface area contributed by atoms with Crippen LogP contribution in [0.2, 0.25) is 0 Å². The van der Waals surface area contributed by atoms with Crippen LogP contribution < -0.4 is 5.32 Å². The second-order valence-corrected chi connectivity index (χ2v) is 4.68. The van der Waals surface area contributed by atoms with Crippen molar-refractivity contribution < 1.29 is 13.2 Å². The Morgan fingerprint density at radius 2 is 1.93 bits per heavy atom. The fraction of sp³-hybridized carbons (Fsp3) is 0.750. The molecule has 15 heavy (non-hydrogen) atoms. The molecule has 84 valence electrons. The van der Waals surface area contributed by atoms with E-state index in [-0.39, 0.29) is 5.01 Å². The Balaban J connectivity index is 1.85. The Labute approximate surface area is 88.7 Å². The van der Waals surface area contributed by atoms with Crippen LogP contribution in [0.3, 0.4) is 0 Å². The smallest absolute Gasteiger partial charge is 0.308 e. The predicted molar refractivity (Wildman–Crippen MR) is 49.5 cm³/mol. The van der Waals surface area contributed by atoms with E-state index in [0.29, 0.717) is 17.6 Å². The summed E-state index contributed by atoms with van der Waals surface area (Å²) < 4.78 is 36.0. The minimum Gasteiger partial charge on any atom is -0.308 e. The SMILES string of the molecule is FC(F)(F)Cc1nnc(CNC2CC2)s1. The van der Waals surface area contributed by atoms with Crippen LogP contribution in [0.4, 0.5) is 13.2 Å². The van der Waals surface area contributed by atoms with Gasteiger partial charge in [0.25, 0.3) is 0 Å². The van der Waals surface area contributed by atoms with E-state index in [1.165, 1.54) is 0 Å². The highest BCUT2D eigenvalue weighted by Gasteiger charge is 2.30. The minimum atomic E-state index is -4.19. The lowest BCUT2D eigenvalue weighted by atomic mass is 10.4. The quantitative estimate of drug-likeness (QED) is 0.869. The van der Waals surface area contributed by atoms with Gasteiger partial charge in [0.05, 0.1) is 6.42 Å². The zero-order valence-corrected chi connectivity index (χ0v) is 8.66. The Morgan fingerprint density at radius 1 is 1.27 bits per heavy atom. The molecular weight excluding hydrogens is 227 g/mol. The van der Waals surface area contributed by atoms with Crippen molar-refractivity contribution in [2.45, 2.75) is 38.0 Å². The summed E-state index contributed by atoms with van der Waals surface area (Å²) in [5.74, 6) is 0. The number of aromatic nitrogens is 2. The summed E-state index contributed by atoms with van der Waals surface area (Å²) in [7, 11) is 0. The topological polar surface area (TPSA) is 37.8 Å². The normalized spacial score (nSPS) is 17.0. The summed E-state index contributed by atoms with van der Waals surface area (Å²) in [5, 5.41) is 11.1. The van der Waals surface area contributed by atoms with Gasteiger partial charge in [-0.2, -0.15) is 13.2 Å². The van der Waals surface area contributed by atoms with Gasteiger partial charge in [-0.15, -0.1) is 10.2 Å². The number of nitrogens with one attached hydrogen (secondary N) is 1. The van der Waals surface area contributed by atoms with Crippen LogP contribution in [0.1, 0.15) is 22.9 Å². The Kier molecular flexibility index (Phi) is 2.92. The van der Waals surface area contributed by atoms with Gasteiger partial charge >= 0.3 is 6.18 Å². The highest BCUT2D eigenvalue weighted by Crippen LogP contribution is 2.24. The maximum absolute atomic E-state index is 12.0. The molecule has 7 heteroatoms. The van der Waals surface area contributed by atoms with E-state index < -0.39 is 12.6 Å². The molecule has 1 aliphatic rings. The van der Waals surface area contributed by atoms with Crippen molar-refractivity contribution in [2.24, 2.45) is 0 Å². The van der Waals surface area contributed by atoms with Gasteiger partial charge in [-0.25, -0.2) is 0 Å². The lowest BCUT2D eigenvalue weighted by molar-refractivity contribution is -0.127. The maximum atomic E-state index is 12.0. The average Bonchev–Trinajstić information content (AvgIpc) is 2.83. The van der Waals surface area contributed by atoms with Gasteiger partial charge in [-0.05, 0) is 12.8 Å². The Hall–Kier alpha value is -0.690. The predicted octanol–water partition coefficient (Wildman–Crippen LogP) is 1.89. The number of nitrogens with zero attached hydrogens (tertiary/aromatic N) is 2. The Bertz CT molecular complexity index is 332. The first-order valence-electron chi connectivity index (χ1n) is 4.64. The van der Waals surface area contributed by atoms with E-state index in [2.05, 4.69) is 15.5 Å². The number of hydrogen-bond donors (Lipinski definition) is 1. The van der Waals surface area contributed by atoms with Gasteiger partial charge in [0, 0.05) is 12.6 Å². The second kappa shape index (κ2) is 4.05. The fourth-order valence-corrected chi connectivity index (χ4v) is 1.95. The van der Waals surface area contributed by atoms with E-state index in [4.69, 9.17) is 0 Å². The summed E-state index contributed by atoms with van der Waals surface area (Å²) in [4.78, 5) is 0. The third-order valence-corrected chi connectivity index (χ3v) is 2.90. The van der Waals surface area contributed by atoms with Crippen molar-refractivity contribution in [3.8, 4) is 0 Å². The molecule has 0 aliphatic heterocycles. The van der Waals surface area contributed by atoms with E-state index in [1.807, 2.05) is 0 Å². The van der Waals surface area contributed by atoms with Gasteiger partial charge in [0.1, 0.15) is 10.0 Å². The summed E-state index contributed by atoms with van der Waals surface area (Å²) >= 11 is 1.02. The van der Waals surface area contributed by atoms with Crippen LogP contribution in [0.15, 0.2) is 0 Å². The summed E-state index contributed by atoms with van der Waals surface area (Å²) in [6.07, 6.45) is -2.88. The zero-order chi connectivity index (χ0) is 10.9. The number of halogens is 3. The maximum Gasteiger partial charge on any atom is 0.395 e. The highest BCUT2D eigenvalue weighted by atomic mass is 32.1. The molecule has 1 aromatic rings. The van der Waals surface area contributed by atoms with Gasteiger partial charge < -0.3 is 5.32 Å². The van der Waals surface area contributed by atoms with Crippen molar-refractivity contribution in [3.05, 3.63) is 10.0 Å². The van der Waals surface area contributed by atoms with E-state index in [1.54, 1.807) is 0 Å². The summed E-state index contributed by atoms with van der Waals surface area (Å²) in [6, 6.07) is 0.528. The van der Waals surface area contributed by atoms with E-state index in [9.17, 15) is 13.2 Å². The van der Waals surface area contributed by atoms with Gasteiger partial charge in [0.15, 0.2) is 0 Å². The molecule has 0 atom stereocenters. The van der Waals surface area contributed by atoms with Crippen LogP contribution in [0.25, 0.3) is 0 Å². The largest absolute Gasteiger partial charge is 0.395 e. The molecule has 0 bridgehead atoms. The van der Waals surface area contributed by atoms with Crippen LogP contribution >= 0.6 is 11.3 Å². The minimum absolute atomic E-state index is 0.0371. The van der Waals surface area contributed by atoms with Crippen LogP contribution in [-0.2, 0) is 13.0 Å². The Morgan fingerprint density at radius 3 is 2.53 bits per heavy atom. The molecule has 0 amide bonds. The first-order chi connectivity index (χ1) is 7.03. The number of alkyl halides is 3. The van der Waals surface area contributed by atoms with Crippen molar-refractivity contribution in [2.75, 3.05) is 0 Å². The first kappa shape index (κ1) is 10.8. The first-order valence-corrected chi connectivity index (χ1v) is 5.46. The fourth-order valence-electron chi connectivity index (χ4n) is 1.12. The lowest BCUT2D eigenvalue weighted by Gasteiger charge is -2.00.